The van der Waals surface area contributed by atoms with Gasteiger partial charge in [0.25, 0.3) is 0 Å². The van der Waals surface area contributed by atoms with Gasteiger partial charge in [0, 0.05) is 22.1 Å². The molecular weight excluding hydrogens is 777 g/mol. The molecule has 2 aliphatic carbocycles. The summed E-state index contributed by atoms with van der Waals surface area (Å²) in [5.74, 6) is 1.74. The van der Waals surface area contributed by atoms with Crippen molar-refractivity contribution in [3.63, 3.8) is 0 Å². The minimum Gasteiger partial charge on any atom is -0.208 e. The SMILES string of the molecule is CC1(C)c2ccccc2C2(c3ccccc3-c3c(-c4ccc(-c5ccc(-c6nc(-c7ccccc7)nc(-c7ccc(C#N)cc7)n6)cc5)c5ccccc45)cccc32)c2ccccc21. The van der Waals surface area contributed by atoms with Gasteiger partial charge in [0.05, 0.1) is 17.0 Å². The Labute approximate surface area is 372 Å². The first kappa shape index (κ1) is 37.5. The Bertz CT molecular complexity index is 3470. The van der Waals surface area contributed by atoms with E-state index in [1.165, 1.54) is 66.4 Å². The van der Waals surface area contributed by atoms with Gasteiger partial charge < -0.3 is 0 Å². The highest BCUT2D eigenvalue weighted by atomic mass is 15.0. The maximum atomic E-state index is 9.40. The van der Waals surface area contributed by atoms with Gasteiger partial charge in [-0.1, -0.05) is 196 Å². The number of hydrogen-bond acceptors (Lipinski definition) is 4. The van der Waals surface area contributed by atoms with Crippen molar-refractivity contribution in [1.29, 1.82) is 5.26 Å². The van der Waals surface area contributed by atoms with Crippen molar-refractivity contribution in [3.8, 4) is 73.6 Å². The fraction of sp³-hybridized carbons (Fsp3) is 0.0667. The summed E-state index contributed by atoms with van der Waals surface area (Å²) in [6.07, 6.45) is 0. The number of benzene rings is 9. The van der Waals surface area contributed by atoms with Crippen LogP contribution in [0.5, 0.6) is 0 Å². The molecule has 12 rings (SSSR count). The van der Waals surface area contributed by atoms with E-state index in [-0.39, 0.29) is 5.41 Å². The van der Waals surface area contributed by atoms with E-state index >= 15 is 0 Å². The number of nitrogens with zero attached hydrogens (tertiary/aromatic N) is 4. The van der Waals surface area contributed by atoms with Crippen LogP contribution < -0.4 is 0 Å². The quantitative estimate of drug-likeness (QED) is 0.174. The van der Waals surface area contributed by atoms with E-state index in [4.69, 9.17) is 15.0 Å². The molecule has 0 saturated carbocycles. The second-order valence-corrected chi connectivity index (χ2v) is 17.4. The summed E-state index contributed by atoms with van der Waals surface area (Å²) < 4.78 is 0. The molecule has 300 valence electrons. The number of fused-ring (bicyclic) bond motifs is 10. The molecule has 1 heterocycles. The van der Waals surface area contributed by atoms with Crippen molar-refractivity contribution in [3.05, 3.63) is 245 Å². The van der Waals surface area contributed by atoms with Gasteiger partial charge in [-0.3, -0.25) is 0 Å². The average molecular weight is 817 g/mol. The van der Waals surface area contributed by atoms with Crippen LogP contribution in [0.3, 0.4) is 0 Å². The summed E-state index contributed by atoms with van der Waals surface area (Å²) in [5.41, 5.74) is 18.1. The van der Waals surface area contributed by atoms with Crippen molar-refractivity contribution in [2.75, 3.05) is 0 Å². The van der Waals surface area contributed by atoms with Crippen LogP contribution in [0.15, 0.2) is 206 Å². The molecule has 0 bridgehead atoms. The van der Waals surface area contributed by atoms with Gasteiger partial charge in [0.2, 0.25) is 0 Å². The highest BCUT2D eigenvalue weighted by molar-refractivity contribution is 6.08. The normalized spacial score (nSPS) is 13.7. The first-order chi connectivity index (χ1) is 31.4. The van der Waals surface area contributed by atoms with Gasteiger partial charge in [0.15, 0.2) is 17.5 Å². The molecule has 0 saturated heterocycles. The minimum absolute atomic E-state index is 0.149. The molecule has 0 radical (unpaired) electrons. The first-order valence-electron chi connectivity index (χ1n) is 21.8. The Balaban J connectivity index is 0.991. The molecular formula is C60H40N4. The molecule has 0 amide bonds. The summed E-state index contributed by atoms with van der Waals surface area (Å²) in [6, 6.07) is 75.9. The Morgan fingerprint density at radius 3 is 1.39 bits per heavy atom. The third kappa shape index (κ3) is 5.51. The molecule has 1 spiro atoms. The Morgan fingerprint density at radius 1 is 0.344 bits per heavy atom. The minimum atomic E-state index is -0.453. The molecule has 1 aromatic heterocycles. The lowest BCUT2D eigenvalue weighted by atomic mass is 9.55. The fourth-order valence-electron chi connectivity index (χ4n) is 10.8. The van der Waals surface area contributed by atoms with Crippen LogP contribution in [0.1, 0.15) is 52.8 Å². The highest BCUT2D eigenvalue weighted by Gasteiger charge is 2.53. The molecule has 0 unspecified atom stereocenters. The second kappa shape index (κ2) is 14.4. The predicted octanol–water partition coefficient (Wildman–Crippen LogP) is 14.2. The van der Waals surface area contributed by atoms with Crippen molar-refractivity contribution in [1.82, 2.24) is 15.0 Å². The lowest BCUT2D eigenvalue weighted by Gasteiger charge is -2.46. The maximum Gasteiger partial charge on any atom is 0.164 e. The smallest absolute Gasteiger partial charge is 0.164 e. The molecule has 0 fully saturated rings. The van der Waals surface area contributed by atoms with Crippen LogP contribution >= 0.6 is 0 Å². The van der Waals surface area contributed by atoms with Crippen molar-refractivity contribution < 1.29 is 0 Å². The number of nitriles is 1. The fourth-order valence-corrected chi connectivity index (χ4v) is 10.8. The Kier molecular flexibility index (Phi) is 8.44. The Hall–Kier alpha value is -8.26. The van der Waals surface area contributed by atoms with E-state index in [0.29, 0.717) is 23.0 Å². The molecule has 0 aliphatic heterocycles. The van der Waals surface area contributed by atoms with Gasteiger partial charge in [-0.25, -0.2) is 15.0 Å². The zero-order valence-corrected chi connectivity index (χ0v) is 35.4. The first-order valence-corrected chi connectivity index (χ1v) is 21.8. The summed E-state index contributed by atoms with van der Waals surface area (Å²) in [7, 11) is 0. The lowest BCUT2D eigenvalue weighted by Crippen LogP contribution is -2.40. The third-order valence-electron chi connectivity index (χ3n) is 13.7. The van der Waals surface area contributed by atoms with Crippen molar-refractivity contribution in [2.24, 2.45) is 0 Å². The largest absolute Gasteiger partial charge is 0.208 e. The standard InChI is InChI=1S/C60H40N4/c1-59(2)50-22-10-12-24-52(50)60(53-25-13-11-23-51(53)59)49-21-9-8-19-48(49)55-47(20-14-26-54(55)60)46-36-35-43(44-17-6-7-18-45(44)46)39-31-33-42(34-32-39)58-63-56(40-15-4-3-5-16-40)62-57(64-58)41-29-27-38(37-61)28-30-41/h3-36H,1-2H3. The van der Waals surface area contributed by atoms with E-state index in [0.717, 1.165) is 27.8 Å². The van der Waals surface area contributed by atoms with Crippen molar-refractivity contribution in [2.45, 2.75) is 24.7 Å². The summed E-state index contributed by atoms with van der Waals surface area (Å²) in [5, 5.41) is 11.8. The third-order valence-corrected chi connectivity index (χ3v) is 13.7. The number of aromatic nitrogens is 3. The maximum absolute atomic E-state index is 9.40. The molecule has 0 N–H and O–H groups in total. The molecule has 10 aromatic rings. The van der Waals surface area contributed by atoms with Gasteiger partial charge in [0.1, 0.15) is 0 Å². The van der Waals surface area contributed by atoms with Crippen LogP contribution in [0, 0.1) is 11.3 Å². The second-order valence-electron chi connectivity index (χ2n) is 17.4. The Morgan fingerprint density at radius 2 is 0.781 bits per heavy atom. The van der Waals surface area contributed by atoms with Crippen LogP contribution in [0.25, 0.3) is 78.3 Å². The molecule has 9 aromatic carbocycles. The average Bonchev–Trinajstić information content (AvgIpc) is 3.67. The monoisotopic (exact) mass is 816 g/mol. The van der Waals surface area contributed by atoms with E-state index < -0.39 is 5.41 Å². The van der Waals surface area contributed by atoms with Crippen LogP contribution in [-0.2, 0) is 10.8 Å². The zero-order valence-electron chi connectivity index (χ0n) is 35.4. The van der Waals surface area contributed by atoms with Crippen LogP contribution in [0.4, 0.5) is 0 Å². The van der Waals surface area contributed by atoms with Gasteiger partial charge in [-0.15, -0.1) is 0 Å². The van der Waals surface area contributed by atoms with E-state index in [1.807, 2.05) is 42.5 Å². The zero-order chi connectivity index (χ0) is 43.0. The summed E-state index contributed by atoms with van der Waals surface area (Å²) in [4.78, 5) is 14.8. The summed E-state index contributed by atoms with van der Waals surface area (Å²) >= 11 is 0. The van der Waals surface area contributed by atoms with Crippen LogP contribution in [-0.4, -0.2) is 15.0 Å². The number of rotatable bonds is 5. The van der Waals surface area contributed by atoms with Gasteiger partial charge >= 0.3 is 0 Å². The molecule has 64 heavy (non-hydrogen) atoms. The lowest BCUT2D eigenvalue weighted by molar-refractivity contribution is 0.563. The predicted molar refractivity (Wildman–Crippen MR) is 259 cm³/mol. The van der Waals surface area contributed by atoms with Crippen LogP contribution in [0.2, 0.25) is 0 Å². The number of hydrogen-bond donors (Lipinski definition) is 0. The van der Waals surface area contributed by atoms with Gasteiger partial charge in [-0.2, -0.15) is 5.26 Å². The topological polar surface area (TPSA) is 62.5 Å². The molecule has 2 aliphatic rings. The van der Waals surface area contributed by atoms with Gasteiger partial charge in [-0.05, 0) is 102 Å². The molecule has 4 heteroatoms. The van der Waals surface area contributed by atoms with E-state index in [2.05, 4.69) is 172 Å². The molecule has 4 nitrogen and oxygen atoms in total. The van der Waals surface area contributed by atoms with E-state index in [9.17, 15) is 5.26 Å². The van der Waals surface area contributed by atoms with Crippen molar-refractivity contribution >= 4 is 10.8 Å². The van der Waals surface area contributed by atoms with E-state index in [1.54, 1.807) is 12.1 Å². The summed E-state index contributed by atoms with van der Waals surface area (Å²) in [6.45, 7) is 4.75. The highest BCUT2D eigenvalue weighted by Crippen LogP contribution is 2.63. The molecule has 0 atom stereocenters.